The third kappa shape index (κ3) is 3.81. The molecule has 2 aromatic carbocycles. The van der Waals surface area contributed by atoms with Crippen LogP contribution in [-0.4, -0.2) is 11.1 Å². The summed E-state index contributed by atoms with van der Waals surface area (Å²) < 4.78 is 6.86. The molecular weight excluding hydrogens is 412 g/mol. The van der Waals surface area contributed by atoms with E-state index in [0.717, 1.165) is 21.5 Å². The predicted molar refractivity (Wildman–Crippen MR) is 109 cm³/mol. The zero-order valence-corrected chi connectivity index (χ0v) is 15.9. The maximum Gasteiger partial charge on any atom is 0.264 e. The second-order valence-electron chi connectivity index (χ2n) is 5.53. The SMILES string of the molecule is O=C1NC(=Nc2ccccc2)SC1=Cc1ccc(-c2ccc(Br)cc2)o1. The van der Waals surface area contributed by atoms with Crippen molar-refractivity contribution in [2.45, 2.75) is 0 Å². The number of nitrogens with one attached hydrogen (secondary N) is 1. The molecule has 4 rings (SSSR count). The molecule has 1 saturated heterocycles. The van der Waals surface area contributed by atoms with Gasteiger partial charge in [-0.2, -0.15) is 0 Å². The van der Waals surface area contributed by atoms with E-state index >= 15 is 0 Å². The Labute approximate surface area is 163 Å². The maximum atomic E-state index is 12.2. The number of hydrogen-bond acceptors (Lipinski definition) is 4. The molecule has 1 aliphatic heterocycles. The molecule has 0 bridgehead atoms. The molecule has 128 valence electrons. The number of rotatable bonds is 3. The van der Waals surface area contributed by atoms with Crippen LogP contribution in [0, 0.1) is 0 Å². The van der Waals surface area contributed by atoms with E-state index in [2.05, 4.69) is 26.2 Å². The van der Waals surface area contributed by atoms with E-state index in [1.807, 2.05) is 66.7 Å². The Bertz CT molecular complexity index is 1010. The van der Waals surface area contributed by atoms with Gasteiger partial charge in [0.05, 0.1) is 10.6 Å². The Morgan fingerprint density at radius 3 is 2.54 bits per heavy atom. The molecule has 4 nitrogen and oxygen atoms in total. The topological polar surface area (TPSA) is 54.6 Å². The summed E-state index contributed by atoms with van der Waals surface area (Å²) in [5.41, 5.74) is 1.78. The molecule has 1 aromatic heterocycles. The van der Waals surface area contributed by atoms with Crippen LogP contribution < -0.4 is 5.32 Å². The molecule has 1 fully saturated rings. The summed E-state index contributed by atoms with van der Waals surface area (Å²) >= 11 is 4.72. The fourth-order valence-corrected chi connectivity index (χ4v) is 3.52. The highest BCUT2D eigenvalue weighted by Crippen LogP contribution is 2.30. The monoisotopic (exact) mass is 424 g/mol. The molecule has 0 atom stereocenters. The lowest BCUT2D eigenvalue weighted by atomic mass is 10.2. The highest BCUT2D eigenvalue weighted by molar-refractivity contribution is 9.10. The average Bonchev–Trinajstić information content (AvgIpc) is 3.24. The Hall–Kier alpha value is -2.57. The van der Waals surface area contributed by atoms with E-state index < -0.39 is 0 Å². The lowest BCUT2D eigenvalue weighted by molar-refractivity contribution is -0.115. The van der Waals surface area contributed by atoms with Gasteiger partial charge in [-0.05, 0) is 48.2 Å². The van der Waals surface area contributed by atoms with Crippen molar-refractivity contribution in [3.05, 3.63) is 81.9 Å². The smallest absolute Gasteiger partial charge is 0.264 e. The van der Waals surface area contributed by atoms with E-state index in [4.69, 9.17) is 4.42 Å². The van der Waals surface area contributed by atoms with Gasteiger partial charge in [0.1, 0.15) is 11.5 Å². The Balaban J connectivity index is 1.54. The number of furan rings is 1. The van der Waals surface area contributed by atoms with Crippen LogP contribution in [0.4, 0.5) is 5.69 Å². The van der Waals surface area contributed by atoms with Gasteiger partial charge in [-0.3, -0.25) is 4.79 Å². The first-order chi connectivity index (χ1) is 12.7. The van der Waals surface area contributed by atoms with Crippen molar-refractivity contribution < 1.29 is 9.21 Å². The summed E-state index contributed by atoms with van der Waals surface area (Å²) in [6, 6.07) is 21.1. The number of hydrogen-bond donors (Lipinski definition) is 1. The van der Waals surface area contributed by atoms with Gasteiger partial charge in [0.2, 0.25) is 0 Å². The number of halogens is 1. The summed E-state index contributed by atoms with van der Waals surface area (Å²) in [5, 5.41) is 3.34. The summed E-state index contributed by atoms with van der Waals surface area (Å²) in [6.45, 7) is 0. The van der Waals surface area contributed by atoms with Gasteiger partial charge in [-0.25, -0.2) is 4.99 Å². The third-order valence-electron chi connectivity index (χ3n) is 3.67. The Morgan fingerprint density at radius 2 is 1.77 bits per heavy atom. The van der Waals surface area contributed by atoms with Crippen LogP contribution in [-0.2, 0) is 4.79 Å². The van der Waals surface area contributed by atoms with Crippen molar-refractivity contribution in [2.24, 2.45) is 4.99 Å². The van der Waals surface area contributed by atoms with E-state index in [-0.39, 0.29) is 5.91 Å². The molecule has 1 aliphatic rings. The van der Waals surface area contributed by atoms with E-state index in [1.54, 1.807) is 6.08 Å². The molecule has 6 heteroatoms. The van der Waals surface area contributed by atoms with E-state index in [0.29, 0.717) is 15.8 Å². The molecule has 0 saturated carbocycles. The van der Waals surface area contributed by atoms with Crippen molar-refractivity contribution in [3.63, 3.8) is 0 Å². The first-order valence-electron chi connectivity index (χ1n) is 7.88. The third-order valence-corrected chi connectivity index (χ3v) is 5.11. The van der Waals surface area contributed by atoms with Crippen LogP contribution >= 0.6 is 27.7 Å². The van der Waals surface area contributed by atoms with Gasteiger partial charge in [0.15, 0.2) is 5.17 Å². The molecule has 1 N–H and O–H groups in total. The lowest BCUT2D eigenvalue weighted by Gasteiger charge is -1.96. The molecule has 0 aliphatic carbocycles. The number of nitrogens with zero attached hydrogens (tertiary/aromatic N) is 1. The average molecular weight is 425 g/mol. The molecule has 0 radical (unpaired) electrons. The number of amidine groups is 1. The summed E-state index contributed by atoms with van der Waals surface area (Å²) in [7, 11) is 0. The van der Waals surface area contributed by atoms with Gasteiger partial charge in [0, 0.05) is 16.1 Å². The number of aliphatic imine (C=N–C) groups is 1. The minimum Gasteiger partial charge on any atom is -0.457 e. The van der Waals surface area contributed by atoms with Gasteiger partial charge < -0.3 is 9.73 Å². The molecule has 1 amide bonds. The van der Waals surface area contributed by atoms with Crippen LogP contribution in [0.1, 0.15) is 5.76 Å². The van der Waals surface area contributed by atoms with E-state index in [9.17, 15) is 4.79 Å². The van der Waals surface area contributed by atoms with Gasteiger partial charge in [0.25, 0.3) is 5.91 Å². The number of carbonyl (C=O) groups is 1. The number of para-hydroxylation sites is 1. The molecule has 3 aromatic rings. The number of amides is 1. The van der Waals surface area contributed by atoms with Gasteiger partial charge in [-0.1, -0.05) is 46.3 Å². The van der Waals surface area contributed by atoms with Crippen LogP contribution in [0.2, 0.25) is 0 Å². The lowest BCUT2D eigenvalue weighted by Crippen LogP contribution is -2.19. The highest BCUT2D eigenvalue weighted by Gasteiger charge is 2.24. The predicted octanol–water partition coefficient (Wildman–Crippen LogP) is 5.60. The molecule has 0 unspecified atom stereocenters. The van der Waals surface area contributed by atoms with Crippen molar-refractivity contribution in [1.29, 1.82) is 0 Å². The van der Waals surface area contributed by atoms with E-state index in [1.165, 1.54) is 11.8 Å². The normalized spacial score (nSPS) is 17.0. The van der Waals surface area contributed by atoms with Crippen LogP contribution in [0.5, 0.6) is 0 Å². The van der Waals surface area contributed by atoms with Crippen LogP contribution in [0.15, 0.2) is 85.5 Å². The first kappa shape index (κ1) is 16.9. The second-order valence-corrected chi connectivity index (χ2v) is 7.47. The fourth-order valence-electron chi connectivity index (χ4n) is 2.43. The largest absolute Gasteiger partial charge is 0.457 e. The maximum absolute atomic E-state index is 12.2. The highest BCUT2D eigenvalue weighted by atomic mass is 79.9. The molecular formula is C20H13BrN2O2S. The van der Waals surface area contributed by atoms with Crippen molar-refractivity contribution >= 4 is 50.5 Å². The minimum absolute atomic E-state index is 0.175. The molecule has 2 heterocycles. The molecule has 26 heavy (non-hydrogen) atoms. The van der Waals surface area contributed by atoms with Crippen molar-refractivity contribution in [3.8, 4) is 11.3 Å². The summed E-state index contributed by atoms with van der Waals surface area (Å²) in [5.74, 6) is 1.21. The summed E-state index contributed by atoms with van der Waals surface area (Å²) in [6.07, 6.45) is 1.73. The minimum atomic E-state index is -0.175. The summed E-state index contributed by atoms with van der Waals surface area (Å²) in [4.78, 5) is 17.2. The first-order valence-corrected chi connectivity index (χ1v) is 9.49. The second kappa shape index (κ2) is 7.35. The van der Waals surface area contributed by atoms with Crippen molar-refractivity contribution in [1.82, 2.24) is 5.32 Å². The number of thioether (sulfide) groups is 1. The van der Waals surface area contributed by atoms with Crippen molar-refractivity contribution in [2.75, 3.05) is 0 Å². The number of carbonyl (C=O) groups excluding carboxylic acids is 1. The van der Waals surface area contributed by atoms with Crippen LogP contribution in [0.3, 0.4) is 0 Å². The fraction of sp³-hybridized carbons (Fsp3) is 0. The zero-order chi connectivity index (χ0) is 17.9. The van der Waals surface area contributed by atoms with Crippen LogP contribution in [0.25, 0.3) is 17.4 Å². The van der Waals surface area contributed by atoms with Gasteiger partial charge >= 0.3 is 0 Å². The standard InChI is InChI=1S/C20H13BrN2O2S/c21-14-8-6-13(7-9-14)17-11-10-16(25-17)12-18-19(24)23-20(26-18)22-15-4-2-1-3-5-15/h1-12H,(H,22,23,24). The Morgan fingerprint density at radius 1 is 1.00 bits per heavy atom. The number of benzene rings is 2. The Kier molecular flexibility index (Phi) is 4.77. The van der Waals surface area contributed by atoms with Gasteiger partial charge in [-0.15, -0.1) is 0 Å². The quantitative estimate of drug-likeness (QED) is 0.556. The zero-order valence-electron chi connectivity index (χ0n) is 13.5. The molecule has 0 spiro atoms.